The van der Waals surface area contributed by atoms with Gasteiger partial charge in [0.1, 0.15) is 6.07 Å². The molecule has 0 aliphatic heterocycles. The Balaban J connectivity index is 1.11. The average molecular weight is 1080 g/mol. The molecule has 0 fully saturated rings. The second-order valence-electron chi connectivity index (χ2n) is 20.5. The highest BCUT2D eigenvalue weighted by molar-refractivity contribution is 6.15. The number of fused-ring (bicyclic) bond motifs is 9. The summed E-state index contributed by atoms with van der Waals surface area (Å²) in [4.78, 5) is 0. The van der Waals surface area contributed by atoms with Gasteiger partial charge >= 0.3 is 0 Å². The lowest BCUT2D eigenvalue weighted by atomic mass is 9.95. The Morgan fingerprint density at radius 2 is 0.565 bits per heavy atom. The molecule has 0 N–H and O–H groups in total. The van der Waals surface area contributed by atoms with Crippen molar-refractivity contribution in [3.63, 3.8) is 0 Å². The van der Waals surface area contributed by atoms with E-state index in [1.807, 2.05) is 121 Å². The van der Waals surface area contributed by atoms with E-state index < -0.39 is 0 Å². The number of hydrogen-bond donors (Lipinski definition) is 0. The van der Waals surface area contributed by atoms with E-state index in [1.54, 1.807) is 48.5 Å². The highest BCUT2D eigenvalue weighted by atomic mass is 15.1. The zero-order valence-corrected chi connectivity index (χ0v) is 44.6. The first-order chi connectivity index (χ1) is 41.8. The molecule has 11 heteroatoms. The van der Waals surface area contributed by atoms with Crippen molar-refractivity contribution in [2.45, 2.75) is 0 Å². The lowest BCUT2D eigenvalue weighted by Gasteiger charge is -2.24. The molecular formula is C74H35N11. The second kappa shape index (κ2) is 19.8. The van der Waals surface area contributed by atoms with E-state index >= 15 is 0 Å². The van der Waals surface area contributed by atoms with Gasteiger partial charge in [-0.1, -0.05) is 97.1 Å². The van der Waals surface area contributed by atoms with Crippen LogP contribution in [0.5, 0.6) is 0 Å². The number of rotatable bonds is 7. The van der Waals surface area contributed by atoms with E-state index in [0.29, 0.717) is 83.7 Å². The number of nitriles is 8. The van der Waals surface area contributed by atoms with Gasteiger partial charge in [-0.25, -0.2) is 0 Å². The Morgan fingerprint density at radius 3 is 0.976 bits per heavy atom. The van der Waals surface area contributed by atoms with Gasteiger partial charge in [-0.3, -0.25) is 0 Å². The van der Waals surface area contributed by atoms with Crippen LogP contribution in [0.4, 0.5) is 0 Å². The number of hydrogen-bond acceptors (Lipinski definition) is 8. The molecule has 386 valence electrons. The fraction of sp³-hybridized carbons (Fsp3) is 0. The van der Waals surface area contributed by atoms with Gasteiger partial charge < -0.3 is 13.7 Å². The lowest BCUT2D eigenvalue weighted by Crippen LogP contribution is -2.09. The zero-order chi connectivity index (χ0) is 58.0. The Hall–Kier alpha value is -13.3. The fourth-order valence-corrected chi connectivity index (χ4v) is 12.4. The summed E-state index contributed by atoms with van der Waals surface area (Å²) in [5.74, 6) is 0. The molecular weight excluding hydrogens is 1040 g/mol. The first kappa shape index (κ1) is 50.0. The molecule has 11 nitrogen and oxygen atoms in total. The topological polar surface area (TPSA) is 205 Å². The molecule has 0 spiro atoms. The van der Waals surface area contributed by atoms with Crippen molar-refractivity contribution in [3.05, 3.63) is 257 Å². The predicted octanol–water partition coefficient (Wildman–Crippen LogP) is 16.6. The molecule has 14 aromatic rings. The van der Waals surface area contributed by atoms with Crippen molar-refractivity contribution >= 4 is 65.4 Å². The molecule has 0 radical (unpaired) electrons. The van der Waals surface area contributed by atoms with Crippen LogP contribution in [0.15, 0.2) is 212 Å². The van der Waals surface area contributed by atoms with Crippen LogP contribution in [0.1, 0.15) is 44.5 Å². The monoisotopic (exact) mass is 1080 g/mol. The molecule has 0 aliphatic rings. The first-order valence-corrected chi connectivity index (χ1v) is 26.9. The molecule has 11 aromatic carbocycles. The fourth-order valence-electron chi connectivity index (χ4n) is 12.4. The van der Waals surface area contributed by atoms with Gasteiger partial charge in [0.15, 0.2) is 0 Å². The molecule has 3 heterocycles. The quantitative estimate of drug-likeness (QED) is 0.150. The Kier molecular flexibility index (Phi) is 11.7. The minimum Gasteiger partial charge on any atom is -0.309 e. The first-order valence-electron chi connectivity index (χ1n) is 26.9. The SMILES string of the molecule is N#Cc1ccc(-c2ccc3c(c2)c2ccccc2n3-c2ccc(C#N)cc2-c2ccc(C#N)c(-n3c4ccccc4c4cc(-c5ccc(C#N)cc5C#N)ccc43)c2-n2c3ccccc3c3cc(-c4ccc(C#N)cc4C#N)ccc32)c(C#N)c1. The smallest absolute Gasteiger partial charge is 0.101 e. The number of aromatic nitrogens is 3. The highest BCUT2D eigenvalue weighted by Crippen LogP contribution is 2.47. The molecule has 85 heavy (non-hydrogen) atoms. The van der Waals surface area contributed by atoms with Crippen LogP contribution in [-0.2, 0) is 0 Å². The van der Waals surface area contributed by atoms with E-state index in [0.717, 1.165) is 87.8 Å². The van der Waals surface area contributed by atoms with Gasteiger partial charge in [0, 0.05) is 43.4 Å². The van der Waals surface area contributed by atoms with E-state index in [9.17, 15) is 42.1 Å². The van der Waals surface area contributed by atoms with Gasteiger partial charge in [0.25, 0.3) is 0 Å². The van der Waals surface area contributed by atoms with E-state index in [4.69, 9.17) is 0 Å². The zero-order valence-electron chi connectivity index (χ0n) is 44.6. The third-order valence-corrected chi connectivity index (χ3v) is 16.1. The number of benzene rings is 11. The van der Waals surface area contributed by atoms with E-state index in [1.165, 1.54) is 0 Å². The minimum atomic E-state index is 0.352. The van der Waals surface area contributed by atoms with E-state index in [-0.39, 0.29) is 0 Å². The Bertz CT molecular complexity index is 5670. The molecule has 0 bridgehead atoms. The predicted molar refractivity (Wildman–Crippen MR) is 329 cm³/mol. The average Bonchev–Trinajstić information content (AvgIpc) is 1.71. The normalized spacial score (nSPS) is 11.0. The molecule has 0 aliphatic carbocycles. The minimum absolute atomic E-state index is 0.352. The van der Waals surface area contributed by atoms with Gasteiger partial charge in [0.2, 0.25) is 0 Å². The molecule has 0 amide bonds. The van der Waals surface area contributed by atoms with Crippen molar-refractivity contribution in [3.8, 4) is 110 Å². The molecule has 3 aromatic heterocycles. The number of nitrogens with zero attached hydrogens (tertiary/aromatic N) is 11. The van der Waals surface area contributed by atoms with Crippen molar-refractivity contribution < 1.29 is 0 Å². The molecule has 0 saturated heterocycles. The highest BCUT2D eigenvalue weighted by Gasteiger charge is 2.28. The molecule has 14 rings (SSSR count). The lowest BCUT2D eigenvalue weighted by molar-refractivity contribution is 1.09. The van der Waals surface area contributed by atoms with Gasteiger partial charge in [-0.15, -0.1) is 0 Å². The van der Waals surface area contributed by atoms with Crippen LogP contribution in [0.3, 0.4) is 0 Å². The van der Waals surface area contributed by atoms with Crippen LogP contribution < -0.4 is 0 Å². The van der Waals surface area contributed by atoms with Crippen LogP contribution in [0, 0.1) is 90.6 Å². The van der Waals surface area contributed by atoms with Crippen molar-refractivity contribution in [2.75, 3.05) is 0 Å². The van der Waals surface area contributed by atoms with Crippen LogP contribution in [-0.4, -0.2) is 13.7 Å². The summed E-state index contributed by atoms with van der Waals surface area (Å²) in [7, 11) is 0. The van der Waals surface area contributed by atoms with Gasteiger partial charge in [-0.05, 0) is 149 Å². The number of para-hydroxylation sites is 3. The van der Waals surface area contributed by atoms with Gasteiger partial charge in [0.05, 0.1) is 137 Å². The van der Waals surface area contributed by atoms with Gasteiger partial charge in [-0.2, -0.15) is 42.1 Å². The summed E-state index contributed by atoms with van der Waals surface area (Å²) in [6.45, 7) is 0. The van der Waals surface area contributed by atoms with Crippen LogP contribution in [0.2, 0.25) is 0 Å². The largest absolute Gasteiger partial charge is 0.309 e. The summed E-state index contributed by atoms with van der Waals surface area (Å²) in [6, 6.07) is 85.6. The van der Waals surface area contributed by atoms with Crippen molar-refractivity contribution in [1.29, 1.82) is 42.1 Å². The van der Waals surface area contributed by atoms with Crippen LogP contribution in [0.25, 0.3) is 127 Å². The summed E-state index contributed by atoms with van der Waals surface area (Å²) < 4.78 is 6.52. The summed E-state index contributed by atoms with van der Waals surface area (Å²) in [5.41, 5.74) is 15.5. The maximum absolute atomic E-state index is 11.6. The molecule has 0 atom stereocenters. The van der Waals surface area contributed by atoms with Crippen molar-refractivity contribution in [2.24, 2.45) is 0 Å². The Morgan fingerprint density at radius 1 is 0.224 bits per heavy atom. The standard InChI is InChI=1S/C74H35N11/c75-36-44-13-21-55(52(29-44)41-80)48-18-26-70-63(33-48)58-7-1-4-10-66(58)83(70)69-25-16-47(39-78)32-62(69)61-24-17-51(40-79)73(84-67-11-5-2-8-59(67)64-34-49(19-27-71(64)84)56-22-14-45(37-76)30-53(56)42-81)74(61)85-68-12-6-3-9-60(68)65-35-50(20-28-72(65)85)57-23-15-46(38-77)31-54(57)43-82/h1-35H. The van der Waals surface area contributed by atoms with E-state index in [2.05, 4.69) is 105 Å². The van der Waals surface area contributed by atoms with Crippen LogP contribution >= 0.6 is 0 Å². The third kappa shape index (κ3) is 7.75. The molecule has 0 saturated carbocycles. The Labute approximate surface area is 485 Å². The maximum atomic E-state index is 11.6. The maximum Gasteiger partial charge on any atom is 0.101 e. The second-order valence-corrected chi connectivity index (χ2v) is 20.5. The molecule has 0 unspecified atom stereocenters. The third-order valence-electron chi connectivity index (χ3n) is 16.1. The summed E-state index contributed by atoms with van der Waals surface area (Å²) >= 11 is 0. The van der Waals surface area contributed by atoms with Crippen molar-refractivity contribution in [1.82, 2.24) is 13.7 Å². The summed E-state index contributed by atoms with van der Waals surface area (Å²) in [6.07, 6.45) is 0. The summed E-state index contributed by atoms with van der Waals surface area (Å²) in [5, 5.41) is 88.1.